The normalized spacial score (nSPS) is 12.2. The van der Waals surface area contributed by atoms with Crippen LogP contribution < -0.4 is 0 Å². The molecule has 0 atom stereocenters. The van der Waals surface area contributed by atoms with E-state index in [0.29, 0.717) is 20.8 Å². The predicted octanol–water partition coefficient (Wildman–Crippen LogP) is 5.17. The molecule has 2 aromatic carbocycles. The number of hydrogen-bond acceptors (Lipinski definition) is 1. The first-order valence-corrected chi connectivity index (χ1v) is 6.31. The van der Waals surface area contributed by atoms with Crippen molar-refractivity contribution < 1.29 is 13.2 Å². The topological polar surface area (TPSA) is 12.9 Å². The van der Waals surface area contributed by atoms with E-state index in [0.717, 1.165) is 11.5 Å². The van der Waals surface area contributed by atoms with Crippen molar-refractivity contribution in [3.05, 3.63) is 52.6 Å². The quantitative estimate of drug-likeness (QED) is 0.520. The summed E-state index contributed by atoms with van der Waals surface area (Å²) in [6.45, 7) is 0. The number of halogens is 4. The maximum absolute atomic E-state index is 12.8. The second-order valence-electron chi connectivity index (χ2n) is 4.17. The molecule has 0 bridgehead atoms. The lowest BCUT2D eigenvalue weighted by molar-refractivity contribution is -0.141. The molecule has 19 heavy (non-hydrogen) atoms. The van der Waals surface area contributed by atoms with Gasteiger partial charge in [-0.25, -0.2) is 4.98 Å². The first-order chi connectivity index (χ1) is 8.97. The molecule has 3 aromatic rings. The second-order valence-corrected chi connectivity index (χ2v) is 5.02. The van der Waals surface area contributed by atoms with Crippen LogP contribution in [0, 0.1) is 0 Å². The van der Waals surface area contributed by atoms with Gasteiger partial charge in [-0.1, -0.05) is 52.3 Å². The van der Waals surface area contributed by atoms with E-state index in [-0.39, 0.29) is 0 Å². The summed E-state index contributed by atoms with van der Waals surface area (Å²) < 4.78 is 38.8. The van der Waals surface area contributed by atoms with Gasteiger partial charge < -0.3 is 0 Å². The molecule has 1 aromatic heterocycles. The van der Waals surface area contributed by atoms with Crippen LogP contribution in [0.4, 0.5) is 13.2 Å². The van der Waals surface area contributed by atoms with Gasteiger partial charge in [-0.3, -0.25) is 0 Å². The maximum atomic E-state index is 12.8. The van der Waals surface area contributed by atoms with E-state index in [1.807, 2.05) is 18.2 Å². The summed E-state index contributed by atoms with van der Waals surface area (Å²) in [6, 6.07) is 11.9. The summed E-state index contributed by atoms with van der Waals surface area (Å²) in [6.07, 6.45) is -4.45. The van der Waals surface area contributed by atoms with Crippen LogP contribution in [-0.2, 0) is 6.18 Å². The average molecular weight is 326 g/mol. The number of fused-ring (bicyclic) bond motifs is 3. The van der Waals surface area contributed by atoms with Crippen LogP contribution in [0.25, 0.3) is 21.7 Å². The highest BCUT2D eigenvalue weighted by Crippen LogP contribution is 2.35. The fourth-order valence-electron chi connectivity index (χ4n) is 2.06. The molecule has 0 radical (unpaired) electrons. The number of hydrogen-bond donors (Lipinski definition) is 0. The Morgan fingerprint density at radius 2 is 1.68 bits per heavy atom. The molecule has 0 aliphatic carbocycles. The Hall–Kier alpha value is -1.62. The molecule has 0 spiro atoms. The van der Waals surface area contributed by atoms with Gasteiger partial charge >= 0.3 is 6.18 Å². The molecule has 0 unspecified atom stereocenters. The zero-order valence-corrected chi connectivity index (χ0v) is 11.1. The van der Waals surface area contributed by atoms with E-state index in [9.17, 15) is 13.2 Å². The van der Waals surface area contributed by atoms with Gasteiger partial charge in [0.15, 0.2) is 0 Å². The van der Waals surface area contributed by atoms with Crippen molar-refractivity contribution in [2.45, 2.75) is 6.18 Å². The first kappa shape index (κ1) is 12.4. The number of nitrogens with zero attached hydrogens (tertiary/aromatic N) is 1. The van der Waals surface area contributed by atoms with Crippen molar-refractivity contribution in [2.75, 3.05) is 0 Å². The van der Waals surface area contributed by atoms with E-state index >= 15 is 0 Å². The molecule has 0 saturated carbocycles. The standard InChI is InChI=1S/C14H7BrF3N/c15-11-7-12(14(16,17)18)19-13-9-4-2-1-3-8(9)5-6-10(11)13/h1-7H. The van der Waals surface area contributed by atoms with Crippen molar-refractivity contribution in [3.8, 4) is 0 Å². The van der Waals surface area contributed by atoms with E-state index in [1.165, 1.54) is 0 Å². The molecule has 0 fully saturated rings. The van der Waals surface area contributed by atoms with Crippen LogP contribution in [0.15, 0.2) is 46.9 Å². The SMILES string of the molecule is FC(F)(F)c1cc(Br)c2ccc3ccccc3c2n1. The van der Waals surface area contributed by atoms with Gasteiger partial charge in [0.2, 0.25) is 0 Å². The molecule has 0 N–H and O–H groups in total. The zero-order chi connectivity index (χ0) is 13.6. The van der Waals surface area contributed by atoms with Crippen molar-refractivity contribution >= 4 is 37.6 Å². The summed E-state index contributed by atoms with van der Waals surface area (Å²) in [5.41, 5.74) is -0.525. The lowest BCUT2D eigenvalue weighted by Crippen LogP contribution is -2.08. The summed E-state index contributed by atoms with van der Waals surface area (Å²) in [5.74, 6) is 0. The van der Waals surface area contributed by atoms with E-state index < -0.39 is 11.9 Å². The van der Waals surface area contributed by atoms with Crippen molar-refractivity contribution in [3.63, 3.8) is 0 Å². The summed E-state index contributed by atoms with van der Waals surface area (Å²) in [5, 5.41) is 2.26. The Balaban J connectivity index is 2.47. The fraction of sp³-hybridized carbons (Fsp3) is 0.0714. The van der Waals surface area contributed by atoms with Gasteiger partial charge in [-0.05, 0) is 11.5 Å². The van der Waals surface area contributed by atoms with E-state index in [2.05, 4.69) is 20.9 Å². The molecule has 1 nitrogen and oxygen atoms in total. The number of rotatable bonds is 0. The van der Waals surface area contributed by atoms with Gasteiger partial charge in [0.05, 0.1) is 5.52 Å². The Kier molecular flexibility index (Phi) is 2.74. The second kappa shape index (κ2) is 4.20. The smallest absolute Gasteiger partial charge is 0.243 e. The number of aromatic nitrogens is 1. The maximum Gasteiger partial charge on any atom is 0.433 e. The number of benzene rings is 2. The molecule has 0 aliphatic heterocycles. The number of pyridine rings is 1. The monoisotopic (exact) mass is 325 g/mol. The lowest BCUT2D eigenvalue weighted by atomic mass is 10.1. The largest absolute Gasteiger partial charge is 0.433 e. The Morgan fingerprint density at radius 1 is 0.947 bits per heavy atom. The molecule has 0 aliphatic rings. The number of alkyl halides is 3. The minimum absolute atomic E-state index is 0.361. The predicted molar refractivity (Wildman–Crippen MR) is 72.0 cm³/mol. The minimum Gasteiger partial charge on any atom is -0.243 e. The third-order valence-electron chi connectivity index (χ3n) is 2.94. The molecule has 1 heterocycles. The van der Waals surface area contributed by atoms with Crippen LogP contribution in [0.5, 0.6) is 0 Å². The third kappa shape index (κ3) is 2.08. The minimum atomic E-state index is -4.45. The van der Waals surface area contributed by atoms with Crippen LogP contribution in [-0.4, -0.2) is 4.98 Å². The zero-order valence-electron chi connectivity index (χ0n) is 9.50. The summed E-state index contributed by atoms with van der Waals surface area (Å²) in [4.78, 5) is 3.78. The van der Waals surface area contributed by atoms with Gasteiger partial charge in [0.1, 0.15) is 5.69 Å². The lowest BCUT2D eigenvalue weighted by Gasteiger charge is -2.10. The van der Waals surface area contributed by atoms with Crippen molar-refractivity contribution in [1.29, 1.82) is 0 Å². The van der Waals surface area contributed by atoms with Gasteiger partial charge in [-0.2, -0.15) is 13.2 Å². The highest BCUT2D eigenvalue weighted by Gasteiger charge is 2.33. The van der Waals surface area contributed by atoms with Crippen LogP contribution in [0.1, 0.15) is 5.69 Å². The molecule has 5 heteroatoms. The molecule has 0 amide bonds. The molecule has 0 saturated heterocycles. The summed E-state index contributed by atoms with van der Waals surface area (Å²) >= 11 is 3.19. The molecule has 96 valence electrons. The fourth-order valence-corrected chi connectivity index (χ4v) is 2.60. The van der Waals surface area contributed by atoms with Crippen molar-refractivity contribution in [2.24, 2.45) is 0 Å². The van der Waals surface area contributed by atoms with Gasteiger partial charge in [0.25, 0.3) is 0 Å². The van der Waals surface area contributed by atoms with Crippen LogP contribution in [0.2, 0.25) is 0 Å². The Labute approximate surface area is 115 Å². The third-order valence-corrected chi connectivity index (χ3v) is 3.60. The van der Waals surface area contributed by atoms with Gasteiger partial charge in [0, 0.05) is 15.2 Å². The first-order valence-electron chi connectivity index (χ1n) is 5.52. The van der Waals surface area contributed by atoms with Crippen LogP contribution >= 0.6 is 15.9 Å². The average Bonchev–Trinajstić information content (AvgIpc) is 2.37. The van der Waals surface area contributed by atoms with Crippen molar-refractivity contribution in [1.82, 2.24) is 4.98 Å². The van der Waals surface area contributed by atoms with Gasteiger partial charge in [-0.15, -0.1) is 0 Å². The Morgan fingerprint density at radius 3 is 2.42 bits per heavy atom. The van der Waals surface area contributed by atoms with E-state index in [1.54, 1.807) is 18.2 Å². The summed E-state index contributed by atoms with van der Waals surface area (Å²) in [7, 11) is 0. The molecule has 3 rings (SSSR count). The molecular formula is C14H7BrF3N. The van der Waals surface area contributed by atoms with Crippen LogP contribution in [0.3, 0.4) is 0 Å². The Bertz CT molecular complexity index is 781. The molecular weight excluding hydrogens is 319 g/mol. The highest BCUT2D eigenvalue weighted by atomic mass is 79.9. The van der Waals surface area contributed by atoms with E-state index in [4.69, 9.17) is 0 Å². The highest BCUT2D eigenvalue weighted by molar-refractivity contribution is 9.10.